The van der Waals surface area contributed by atoms with Crippen LogP contribution in [0.3, 0.4) is 0 Å². The SMILES string of the molecule is Cc1cc(Nc2nccc(N3CCN(c4ccccc4F)CC3)n2)no1. The van der Waals surface area contributed by atoms with Crippen molar-refractivity contribution in [1.82, 2.24) is 15.1 Å². The number of para-hydroxylation sites is 1. The molecule has 1 fully saturated rings. The van der Waals surface area contributed by atoms with E-state index in [-0.39, 0.29) is 5.82 Å². The van der Waals surface area contributed by atoms with Gasteiger partial charge in [-0.1, -0.05) is 17.3 Å². The molecule has 0 atom stereocenters. The molecule has 0 spiro atoms. The van der Waals surface area contributed by atoms with E-state index in [2.05, 4.69) is 30.2 Å². The van der Waals surface area contributed by atoms with Gasteiger partial charge in [0.15, 0.2) is 5.82 Å². The van der Waals surface area contributed by atoms with Crippen LogP contribution in [0.15, 0.2) is 47.1 Å². The van der Waals surface area contributed by atoms with Crippen molar-refractivity contribution in [3.8, 4) is 0 Å². The summed E-state index contributed by atoms with van der Waals surface area (Å²) in [6.45, 7) is 4.80. The Morgan fingerprint density at radius 2 is 1.85 bits per heavy atom. The van der Waals surface area contributed by atoms with E-state index in [1.54, 1.807) is 18.3 Å². The number of hydrogen-bond donors (Lipinski definition) is 1. The Bertz CT molecular complexity index is 891. The maximum atomic E-state index is 14.0. The summed E-state index contributed by atoms with van der Waals surface area (Å²) in [5.74, 6) is 2.40. The molecule has 134 valence electrons. The number of halogens is 1. The van der Waals surface area contributed by atoms with Gasteiger partial charge in [-0.25, -0.2) is 9.37 Å². The van der Waals surface area contributed by atoms with E-state index in [1.807, 2.05) is 25.1 Å². The summed E-state index contributed by atoms with van der Waals surface area (Å²) < 4.78 is 19.0. The van der Waals surface area contributed by atoms with Crippen LogP contribution >= 0.6 is 0 Å². The molecule has 1 aliphatic rings. The summed E-state index contributed by atoms with van der Waals surface area (Å²) in [5.41, 5.74) is 0.651. The van der Waals surface area contributed by atoms with Crippen LogP contribution in [-0.4, -0.2) is 41.3 Å². The van der Waals surface area contributed by atoms with Gasteiger partial charge in [0.05, 0.1) is 5.69 Å². The second-order valence-electron chi connectivity index (χ2n) is 6.11. The highest BCUT2D eigenvalue weighted by atomic mass is 19.1. The first-order valence-corrected chi connectivity index (χ1v) is 8.47. The van der Waals surface area contributed by atoms with Crippen molar-refractivity contribution in [1.29, 1.82) is 0 Å². The van der Waals surface area contributed by atoms with Crippen LogP contribution in [0.1, 0.15) is 5.76 Å². The second-order valence-corrected chi connectivity index (χ2v) is 6.11. The molecule has 2 aromatic heterocycles. The predicted molar refractivity (Wildman–Crippen MR) is 97.4 cm³/mol. The van der Waals surface area contributed by atoms with Crippen molar-refractivity contribution in [3.63, 3.8) is 0 Å². The molecule has 26 heavy (non-hydrogen) atoms. The van der Waals surface area contributed by atoms with Crippen molar-refractivity contribution < 1.29 is 8.91 Å². The van der Waals surface area contributed by atoms with Crippen LogP contribution in [-0.2, 0) is 0 Å². The normalized spacial score (nSPS) is 14.5. The average Bonchev–Trinajstić information content (AvgIpc) is 3.07. The molecule has 8 heteroatoms. The molecule has 3 aromatic rings. The van der Waals surface area contributed by atoms with Gasteiger partial charge in [0.25, 0.3) is 0 Å². The van der Waals surface area contributed by atoms with Crippen LogP contribution in [0, 0.1) is 12.7 Å². The minimum Gasteiger partial charge on any atom is -0.366 e. The van der Waals surface area contributed by atoms with E-state index in [4.69, 9.17) is 4.52 Å². The maximum Gasteiger partial charge on any atom is 0.230 e. The van der Waals surface area contributed by atoms with Crippen LogP contribution in [0.25, 0.3) is 0 Å². The quantitative estimate of drug-likeness (QED) is 0.772. The number of anilines is 4. The van der Waals surface area contributed by atoms with Gasteiger partial charge in [0.2, 0.25) is 5.95 Å². The first kappa shape index (κ1) is 16.3. The molecule has 1 saturated heterocycles. The van der Waals surface area contributed by atoms with E-state index in [0.717, 1.165) is 32.0 Å². The van der Waals surface area contributed by atoms with Gasteiger partial charge >= 0.3 is 0 Å². The van der Waals surface area contributed by atoms with Crippen LogP contribution in [0.5, 0.6) is 0 Å². The summed E-state index contributed by atoms with van der Waals surface area (Å²) in [4.78, 5) is 13.0. The average molecular weight is 354 g/mol. The molecule has 4 rings (SSSR count). The summed E-state index contributed by atoms with van der Waals surface area (Å²) in [5, 5.41) is 6.92. The van der Waals surface area contributed by atoms with Gasteiger partial charge in [-0.05, 0) is 25.1 Å². The first-order chi connectivity index (χ1) is 12.7. The standard InChI is InChI=1S/C18H19FN6O/c1-13-12-16(23-26-13)21-18-20-7-6-17(22-18)25-10-8-24(9-11-25)15-5-3-2-4-14(15)19/h2-7,12H,8-11H2,1H3,(H,20,21,22,23). The molecule has 0 bridgehead atoms. The zero-order valence-electron chi connectivity index (χ0n) is 14.4. The Labute approximate surface area is 150 Å². The van der Waals surface area contributed by atoms with Gasteiger partial charge < -0.3 is 19.6 Å². The predicted octanol–water partition coefficient (Wildman–Crippen LogP) is 2.98. The van der Waals surface area contributed by atoms with Crippen molar-refractivity contribution in [2.75, 3.05) is 41.3 Å². The lowest BCUT2D eigenvalue weighted by Crippen LogP contribution is -2.47. The van der Waals surface area contributed by atoms with Crippen molar-refractivity contribution in [2.45, 2.75) is 6.92 Å². The van der Waals surface area contributed by atoms with Crippen LogP contribution in [0.4, 0.5) is 27.7 Å². The third-order valence-corrected chi connectivity index (χ3v) is 4.31. The lowest BCUT2D eigenvalue weighted by Gasteiger charge is -2.36. The second kappa shape index (κ2) is 6.99. The van der Waals surface area contributed by atoms with E-state index in [1.165, 1.54) is 6.07 Å². The molecular formula is C18H19FN6O. The van der Waals surface area contributed by atoms with E-state index in [9.17, 15) is 4.39 Å². The molecule has 1 aliphatic heterocycles. The number of nitrogens with zero attached hydrogens (tertiary/aromatic N) is 5. The van der Waals surface area contributed by atoms with Gasteiger partial charge in [0.1, 0.15) is 17.4 Å². The lowest BCUT2D eigenvalue weighted by molar-refractivity contribution is 0.400. The molecule has 7 nitrogen and oxygen atoms in total. The summed E-state index contributed by atoms with van der Waals surface area (Å²) in [6.07, 6.45) is 1.71. The van der Waals surface area contributed by atoms with Crippen molar-refractivity contribution in [2.24, 2.45) is 0 Å². The van der Waals surface area contributed by atoms with Gasteiger partial charge in [0, 0.05) is 38.4 Å². The highest BCUT2D eigenvalue weighted by Crippen LogP contribution is 2.22. The lowest BCUT2D eigenvalue weighted by atomic mass is 10.2. The van der Waals surface area contributed by atoms with Gasteiger partial charge in [-0.2, -0.15) is 4.98 Å². The topological polar surface area (TPSA) is 70.3 Å². The first-order valence-electron chi connectivity index (χ1n) is 8.47. The van der Waals surface area contributed by atoms with E-state index in [0.29, 0.717) is 23.2 Å². The van der Waals surface area contributed by atoms with Gasteiger partial charge in [-0.15, -0.1) is 0 Å². The number of benzene rings is 1. The fraction of sp³-hybridized carbons (Fsp3) is 0.278. The minimum absolute atomic E-state index is 0.183. The monoisotopic (exact) mass is 354 g/mol. The zero-order valence-corrected chi connectivity index (χ0v) is 14.4. The summed E-state index contributed by atoms with van der Waals surface area (Å²) >= 11 is 0. The number of piperazine rings is 1. The number of nitrogens with one attached hydrogen (secondary N) is 1. The summed E-state index contributed by atoms with van der Waals surface area (Å²) in [6, 6.07) is 10.5. The molecule has 0 amide bonds. The van der Waals surface area contributed by atoms with Crippen molar-refractivity contribution >= 4 is 23.3 Å². The fourth-order valence-corrected chi connectivity index (χ4v) is 3.01. The Morgan fingerprint density at radius 3 is 2.58 bits per heavy atom. The molecular weight excluding hydrogens is 335 g/mol. The largest absolute Gasteiger partial charge is 0.366 e. The smallest absolute Gasteiger partial charge is 0.230 e. The Kier molecular flexibility index (Phi) is 4.39. The number of rotatable bonds is 4. The Morgan fingerprint density at radius 1 is 1.08 bits per heavy atom. The van der Waals surface area contributed by atoms with Crippen molar-refractivity contribution in [3.05, 3.63) is 54.2 Å². The number of aryl methyl sites for hydroxylation is 1. The Hall–Kier alpha value is -3.16. The molecule has 0 unspecified atom stereocenters. The number of aromatic nitrogens is 3. The zero-order chi connectivity index (χ0) is 17.9. The molecule has 1 N–H and O–H groups in total. The molecule has 0 aliphatic carbocycles. The highest BCUT2D eigenvalue weighted by molar-refractivity contribution is 5.53. The number of hydrogen-bond acceptors (Lipinski definition) is 7. The molecule has 1 aromatic carbocycles. The Balaban J connectivity index is 1.43. The van der Waals surface area contributed by atoms with E-state index >= 15 is 0 Å². The van der Waals surface area contributed by atoms with Crippen LogP contribution in [0.2, 0.25) is 0 Å². The highest BCUT2D eigenvalue weighted by Gasteiger charge is 2.20. The van der Waals surface area contributed by atoms with Gasteiger partial charge in [-0.3, -0.25) is 0 Å². The third-order valence-electron chi connectivity index (χ3n) is 4.31. The maximum absolute atomic E-state index is 14.0. The molecule has 0 saturated carbocycles. The third kappa shape index (κ3) is 3.44. The van der Waals surface area contributed by atoms with E-state index < -0.39 is 0 Å². The fourth-order valence-electron chi connectivity index (χ4n) is 3.01. The molecule has 0 radical (unpaired) electrons. The summed E-state index contributed by atoms with van der Waals surface area (Å²) in [7, 11) is 0. The minimum atomic E-state index is -0.183. The molecule has 3 heterocycles. The van der Waals surface area contributed by atoms with Crippen LogP contribution < -0.4 is 15.1 Å².